The second-order valence-corrected chi connectivity index (χ2v) is 5.46. The van der Waals surface area contributed by atoms with Crippen LogP contribution in [0.2, 0.25) is 10.0 Å². The molecular weight excluding hydrogens is 351 g/mol. The van der Waals surface area contributed by atoms with Crippen LogP contribution < -0.4 is 11.1 Å². The number of carbonyl (C=O) groups excluding carboxylic acids is 1. The average molecular weight is 360 g/mol. The minimum Gasteiger partial charge on any atom is -0.397 e. The van der Waals surface area contributed by atoms with E-state index < -0.39 is 0 Å². The van der Waals surface area contributed by atoms with Crippen molar-refractivity contribution >= 4 is 56.4 Å². The van der Waals surface area contributed by atoms with E-state index in [1.165, 1.54) is 0 Å². The number of anilines is 2. The molecule has 19 heavy (non-hydrogen) atoms. The number of nitrogen functional groups attached to an aromatic ring is 1. The molecule has 3 nitrogen and oxygen atoms in total. The summed E-state index contributed by atoms with van der Waals surface area (Å²) in [6.07, 6.45) is 0. The van der Waals surface area contributed by atoms with Crippen LogP contribution in [-0.4, -0.2) is 5.91 Å². The smallest absolute Gasteiger partial charge is 0.257 e. The molecule has 6 heteroatoms. The topological polar surface area (TPSA) is 55.1 Å². The Balaban J connectivity index is 2.31. The van der Waals surface area contributed by atoms with Crippen molar-refractivity contribution in [2.45, 2.75) is 0 Å². The minimum atomic E-state index is -0.347. The molecule has 0 saturated carbocycles. The first-order valence-electron chi connectivity index (χ1n) is 5.29. The van der Waals surface area contributed by atoms with Gasteiger partial charge in [0.1, 0.15) is 0 Å². The maximum atomic E-state index is 12.1. The number of rotatable bonds is 2. The predicted molar refractivity (Wildman–Crippen MR) is 83.0 cm³/mol. The molecule has 0 fully saturated rings. The monoisotopic (exact) mass is 358 g/mol. The molecule has 0 spiro atoms. The average Bonchev–Trinajstić information content (AvgIpc) is 2.37. The molecule has 0 aliphatic heterocycles. The van der Waals surface area contributed by atoms with E-state index in [0.717, 1.165) is 0 Å². The first-order valence-corrected chi connectivity index (χ1v) is 6.84. The van der Waals surface area contributed by atoms with Crippen LogP contribution in [-0.2, 0) is 0 Å². The third-order valence-corrected chi connectivity index (χ3v) is 3.99. The molecule has 1 amide bonds. The highest BCUT2D eigenvalue weighted by Crippen LogP contribution is 2.28. The summed E-state index contributed by atoms with van der Waals surface area (Å²) in [5, 5.41) is 3.52. The molecule has 0 aromatic heterocycles. The molecule has 0 saturated heterocycles. The zero-order valence-corrected chi connectivity index (χ0v) is 12.7. The summed E-state index contributed by atoms with van der Waals surface area (Å²) in [5.74, 6) is -0.347. The molecule has 0 aliphatic rings. The Hall–Kier alpha value is -1.23. The molecule has 98 valence electrons. The van der Waals surface area contributed by atoms with E-state index in [-0.39, 0.29) is 5.91 Å². The molecule has 0 unspecified atom stereocenters. The second kappa shape index (κ2) is 5.82. The Morgan fingerprint density at radius 3 is 2.68 bits per heavy atom. The molecular formula is C13H9BrCl2N2O. The molecule has 0 radical (unpaired) electrons. The molecule has 2 aromatic rings. The number of hydrogen-bond donors (Lipinski definition) is 2. The van der Waals surface area contributed by atoms with Gasteiger partial charge in [-0.15, -0.1) is 0 Å². The van der Waals surface area contributed by atoms with Crippen LogP contribution in [0.3, 0.4) is 0 Å². The largest absolute Gasteiger partial charge is 0.397 e. The Labute approximate surface area is 128 Å². The molecule has 0 bridgehead atoms. The van der Waals surface area contributed by atoms with Gasteiger partial charge in [0.25, 0.3) is 5.91 Å². The van der Waals surface area contributed by atoms with Crippen LogP contribution in [0.15, 0.2) is 40.9 Å². The summed E-state index contributed by atoms with van der Waals surface area (Å²) in [4.78, 5) is 12.1. The molecule has 2 aromatic carbocycles. The van der Waals surface area contributed by atoms with Crippen LogP contribution in [0, 0.1) is 0 Å². The van der Waals surface area contributed by atoms with Gasteiger partial charge < -0.3 is 11.1 Å². The van der Waals surface area contributed by atoms with Crippen molar-refractivity contribution in [3.8, 4) is 0 Å². The third-order valence-electron chi connectivity index (χ3n) is 2.46. The Kier molecular flexibility index (Phi) is 4.34. The van der Waals surface area contributed by atoms with E-state index >= 15 is 0 Å². The number of halogens is 3. The Bertz CT molecular complexity index is 647. The van der Waals surface area contributed by atoms with Crippen LogP contribution >= 0.6 is 39.1 Å². The standard InChI is InChI=1S/C13H9BrCl2N2O/c14-9-3-1-2-8(12(9)16)13(19)18-11-6-7(15)4-5-10(11)17/h1-6H,17H2,(H,18,19). The highest BCUT2D eigenvalue weighted by atomic mass is 79.9. The van der Waals surface area contributed by atoms with Gasteiger partial charge in [-0.2, -0.15) is 0 Å². The van der Waals surface area contributed by atoms with E-state index in [1.54, 1.807) is 36.4 Å². The summed E-state index contributed by atoms with van der Waals surface area (Å²) in [6, 6.07) is 9.97. The fourth-order valence-corrected chi connectivity index (χ4v) is 2.26. The minimum absolute atomic E-state index is 0.347. The highest BCUT2D eigenvalue weighted by Gasteiger charge is 2.13. The molecule has 3 N–H and O–H groups in total. The number of hydrogen-bond acceptors (Lipinski definition) is 2. The van der Waals surface area contributed by atoms with Gasteiger partial charge >= 0.3 is 0 Å². The van der Waals surface area contributed by atoms with Crippen molar-refractivity contribution in [2.75, 3.05) is 11.1 Å². The lowest BCUT2D eigenvalue weighted by atomic mass is 10.2. The maximum Gasteiger partial charge on any atom is 0.257 e. The van der Waals surface area contributed by atoms with Gasteiger partial charge in [-0.05, 0) is 46.3 Å². The van der Waals surface area contributed by atoms with Crippen LogP contribution in [0.1, 0.15) is 10.4 Å². The van der Waals surface area contributed by atoms with Gasteiger partial charge in [-0.25, -0.2) is 0 Å². The van der Waals surface area contributed by atoms with Gasteiger partial charge in [0.2, 0.25) is 0 Å². The van der Waals surface area contributed by atoms with Crippen molar-refractivity contribution in [1.82, 2.24) is 0 Å². The van der Waals surface area contributed by atoms with E-state index in [9.17, 15) is 4.79 Å². The number of carbonyl (C=O) groups is 1. The van der Waals surface area contributed by atoms with Crippen LogP contribution in [0.5, 0.6) is 0 Å². The van der Waals surface area contributed by atoms with Gasteiger partial charge in [-0.1, -0.05) is 29.3 Å². The molecule has 2 rings (SSSR count). The molecule has 0 aliphatic carbocycles. The first-order chi connectivity index (χ1) is 8.99. The van der Waals surface area contributed by atoms with E-state index in [4.69, 9.17) is 28.9 Å². The second-order valence-electron chi connectivity index (χ2n) is 3.79. The van der Waals surface area contributed by atoms with Gasteiger partial charge in [0.05, 0.1) is 22.0 Å². The summed E-state index contributed by atoms with van der Waals surface area (Å²) in [5.41, 5.74) is 7.01. The van der Waals surface area contributed by atoms with Crippen LogP contribution in [0.4, 0.5) is 11.4 Å². The van der Waals surface area contributed by atoms with E-state index in [2.05, 4.69) is 21.2 Å². The van der Waals surface area contributed by atoms with Gasteiger partial charge in [0, 0.05) is 9.50 Å². The molecule has 0 heterocycles. The maximum absolute atomic E-state index is 12.1. The highest BCUT2D eigenvalue weighted by molar-refractivity contribution is 9.10. The Morgan fingerprint density at radius 1 is 1.21 bits per heavy atom. The fraction of sp³-hybridized carbons (Fsp3) is 0. The third kappa shape index (κ3) is 3.21. The summed E-state index contributed by atoms with van der Waals surface area (Å²) >= 11 is 15.2. The fourth-order valence-electron chi connectivity index (χ4n) is 1.51. The Morgan fingerprint density at radius 2 is 1.95 bits per heavy atom. The van der Waals surface area contributed by atoms with Crippen molar-refractivity contribution in [2.24, 2.45) is 0 Å². The number of nitrogens with two attached hydrogens (primary N) is 1. The van der Waals surface area contributed by atoms with Crippen molar-refractivity contribution in [1.29, 1.82) is 0 Å². The van der Waals surface area contributed by atoms with E-state index in [1.807, 2.05) is 0 Å². The van der Waals surface area contributed by atoms with Crippen molar-refractivity contribution in [3.63, 3.8) is 0 Å². The zero-order chi connectivity index (χ0) is 14.0. The normalized spacial score (nSPS) is 10.3. The zero-order valence-electron chi connectivity index (χ0n) is 9.58. The van der Waals surface area contributed by atoms with E-state index in [0.29, 0.717) is 31.5 Å². The van der Waals surface area contributed by atoms with Gasteiger partial charge in [0.15, 0.2) is 0 Å². The lowest BCUT2D eigenvalue weighted by Gasteiger charge is -2.10. The summed E-state index contributed by atoms with van der Waals surface area (Å²) < 4.78 is 0.654. The predicted octanol–water partition coefficient (Wildman–Crippen LogP) is 4.59. The first kappa shape index (κ1) is 14.2. The van der Waals surface area contributed by atoms with Crippen molar-refractivity contribution in [3.05, 3.63) is 56.5 Å². The number of nitrogens with one attached hydrogen (secondary N) is 1. The van der Waals surface area contributed by atoms with Crippen molar-refractivity contribution < 1.29 is 4.79 Å². The molecule has 0 atom stereocenters. The van der Waals surface area contributed by atoms with Crippen LogP contribution in [0.25, 0.3) is 0 Å². The van der Waals surface area contributed by atoms with Gasteiger partial charge in [-0.3, -0.25) is 4.79 Å². The number of benzene rings is 2. The quantitative estimate of drug-likeness (QED) is 0.770. The SMILES string of the molecule is Nc1ccc(Cl)cc1NC(=O)c1cccc(Br)c1Cl. The lowest BCUT2D eigenvalue weighted by Crippen LogP contribution is -2.13. The summed E-state index contributed by atoms with van der Waals surface area (Å²) in [7, 11) is 0. The number of amides is 1. The summed E-state index contributed by atoms with van der Waals surface area (Å²) in [6.45, 7) is 0. The lowest BCUT2D eigenvalue weighted by molar-refractivity contribution is 0.102.